The molecule has 22 heavy (non-hydrogen) atoms. The molecule has 0 heterocycles. The molecule has 0 bridgehead atoms. The van der Waals surface area contributed by atoms with E-state index < -0.39 is 23.5 Å². The molecule has 0 aliphatic rings. The Hall–Kier alpha value is -2.43. The molecule has 1 unspecified atom stereocenters. The van der Waals surface area contributed by atoms with Gasteiger partial charge < -0.3 is 9.84 Å². The fourth-order valence-corrected chi connectivity index (χ4v) is 2.28. The lowest BCUT2D eigenvalue weighted by Crippen LogP contribution is -2.13. The van der Waals surface area contributed by atoms with E-state index in [4.69, 9.17) is 4.74 Å². The Morgan fingerprint density at radius 1 is 1.18 bits per heavy atom. The van der Waals surface area contributed by atoms with E-state index in [9.17, 15) is 18.7 Å². The number of rotatable bonds is 5. The van der Waals surface area contributed by atoms with Crippen LogP contribution in [0.15, 0.2) is 42.5 Å². The van der Waals surface area contributed by atoms with Gasteiger partial charge in [-0.2, -0.15) is 0 Å². The average Bonchev–Trinajstić information content (AvgIpc) is 2.49. The monoisotopic (exact) mass is 306 g/mol. The van der Waals surface area contributed by atoms with Crippen molar-refractivity contribution in [3.63, 3.8) is 0 Å². The van der Waals surface area contributed by atoms with Gasteiger partial charge in [0.15, 0.2) is 0 Å². The van der Waals surface area contributed by atoms with Gasteiger partial charge in [0.1, 0.15) is 17.4 Å². The van der Waals surface area contributed by atoms with Gasteiger partial charge in [-0.15, -0.1) is 0 Å². The molecule has 1 atom stereocenters. The quantitative estimate of drug-likeness (QED) is 0.856. The highest BCUT2D eigenvalue weighted by Crippen LogP contribution is 2.31. The van der Waals surface area contributed by atoms with Gasteiger partial charge in [0.05, 0.1) is 13.0 Å². The molecular weight excluding hydrogens is 290 g/mol. The lowest BCUT2D eigenvalue weighted by Gasteiger charge is -2.18. The van der Waals surface area contributed by atoms with E-state index in [-0.39, 0.29) is 24.3 Å². The van der Waals surface area contributed by atoms with Gasteiger partial charge in [0.25, 0.3) is 0 Å². The van der Waals surface area contributed by atoms with Crippen molar-refractivity contribution in [3.05, 3.63) is 65.2 Å². The molecule has 0 aliphatic heterocycles. The molecule has 3 nitrogen and oxygen atoms in total. The summed E-state index contributed by atoms with van der Waals surface area (Å²) in [7, 11) is 0. The van der Waals surface area contributed by atoms with Gasteiger partial charge in [0, 0.05) is 5.92 Å². The normalized spacial score (nSPS) is 12.0. The van der Waals surface area contributed by atoms with E-state index in [2.05, 4.69) is 0 Å². The van der Waals surface area contributed by atoms with Gasteiger partial charge in [-0.25, -0.2) is 8.78 Å². The average molecular weight is 306 g/mol. The maximum atomic E-state index is 14.1. The minimum Gasteiger partial charge on any atom is -0.508 e. The smallest absolute Gasteiger partial charge is 0.306 e. The van der Waals surface area contributed by atoms with Gasteiger partial charge in [-0.1, -0.05) is 12.1 Å². The second-order valence-electron chi connectivity index (χ2n) is 4.82. The van der Waals surface area contributed by atoms with Crippen molar-refractivity contribution in [1.82, 2.24) is 0 Å². The van der Waals surface area contributed by atoms with Crippen LogP contribution < -0.4 is 0 Å². The summed E-state index contributed by atoms with van der Waals surface area (Å²) in [5.74, 6) is -2.30. The van der Waals surface area contributed by atoms with Gasteiger partial charge in [-0.05, 0) is 48.4 Å². The first-order valence-electron chi connectivity index (χ1n) is 6.90. The largest absolute Gasteiger partial charge is 0.508 e. The molecule has 2 aromatic carbocycles. The maximum Gasteiger partial charge on any atom is 0.306 e. The Morgan fingerprint density at radius 2 is 1.86 bits per heavy atom. The number of phenolic OH excluding ortho intramolecular Hbond substituents is 1. The highest BCUT2D eigenvalue weighted by Gasteiger charge is 2.22. The van der Waals surface area contributed by atoms with Crippen LogP contribution in [-0.2, 0) is 9.53 Å². The summed E-state index contributed by atoms with van der Waals surface area (Å²) < 4.78 is 32.4. The second kappa shape index (κ2) is 7.02. The second-order valence-corrected chi connectivity index (χ2v) is 4.82. The van der Waals surface area contributed by atoms with Crippen molar-refractivity contribution in [2.75, 3.05) is 6.61 Å². The van der Waals surface area contributed by atoms with Crippen LogP contribution >= 0.6 is 0 Å². The highest BCUT2D eigenvalue weighted by atomic mass is 19.1. The predicted octanol–water partition coefficient (Wildman–Crippen LogP) is 3.76. The zero-order chi connectivity index (χ0) is 16.1. The van der Waals surface area contributed by atoms with Gasteiger partial charge in [-0.3, -0.25) is 4.79 Å². The Bertz CT molecular complexity index is 653. The van der Waals surface area contributed by atoms with E-state index >= 15 is 0 Å². The molecule has 5 heteroatoms. The summed E-state index contributed by atoms with van der Waals surface area (Å²) in [4.78, 5) is 11.8. The number of phenols is 1. The molecular formula is C17H16F2O3. The third-order valence-corrected chi connectivity index (χ3v) is 3.31. The number of esters is 1. The summed E-state index contributed by atoms with van der Waals surface area (Å²) in [6, 6.07) is 9.15. The number of carbonyl (C=O) groups is 1. The van der Waals surface area contributed by atoms with Crippen molar-refractivity contribution in [1.29, 1.82) is 0 Å². The zero-order valence-electron chi connectivity index (χ0n) is 12.1. The number of hydrogen-bond donors (Lipinski definition) is 1. The summed E-state index contributed by atoms with van der Waals surface area (Å²) in [6.45, 7) is 1.89. The first-order chi connectivity index (χ1) is 10.5. The van der Waals surface area contributed by atoms with E-state index in [0.29, 0.717) is 5.56 Å². The molecule has 0 fully saturated rings. The Balaban J connectivity index is 2.42. The number of hydrogen-bond acceptors (Lipinski definition) is 3. The fourth-order valence-electron chi connectivity index (χ4n) is 2.28. The molecule has 0 amide bonds. The SMILES string of the molecule is CCOC(=O)CC(c1ccc(O)cc1)c1cc(F)ccc1F. The van der Waals surface area contributed by atoms with Crippen molar-refractivity contribution >= 4 is 5.97 Å². The van der Waals surface area contributed by atoms with Crippen LogP contribution in [0.4, 0.5) is 8.78 Å². The molecule has 1 N–H and O–H groups in total. The van der Waals surface area contributed by atoms with Crippen molar-refractivity contribution < 1.29 is 23.4 Å². The molecule has 0 saturated carbocycles. The summed E-state index contributed by atoms with van der Waals surface area (Å²) in [6.07, 6.45) is -0.112. The third-order valence-electron chi connectivity index (χ3n) is 3.31. The maximum absolute atomic E-state index is 14.1. The molecule has 0 spiro atoms. The van der Waals surface area contributed by atoms with E-state index in [1.165, 1.54) is 12.1 Å². The Morgan fingerprint density at radius 3 is 2.50 bits per heavy atom. The van der Waals surface area contributed by atoms with Crippen LogP contribution in [-0.4, -0.2) is 17.7 Å². The van der Waals surface area contributed by atoms with Crippen LogP contribution in [0.25, 0.3) is 0 Å². The molecule has 0 aromatic heterocycles. The van der Waals surface area contributed by atoms with Crippen LogP contribution in [0, 0.1) is 11.6 Å². The fraction of sp³-hybridized carbons (Fsp3) is 0.235. The zero-order valence-corrected chi connectivity index (χ0v) is 12.1. The Kier molecular flexibility index (Phi) is 5.09. The molecule has 2 aromatic rings. The van der Waals surface area contributed by atoms with Crippen LogP contribution in [0.3, 0.4) is 0 Å². The topological polar surface area (TPSA) is 46.5 Å². The van der Waals surface area contributed by atoms with Crippen molar-refractivity contribution in [3.8, 4) is 5.75 Å². The molecule has 116 valence electrons. The van der Waals surface area contributed by atoms with Gasteiger partial charge >= 0.3 is 5.97 Å². The Labute approximate surface area is 127 Å². The standard InChI is InChI=1S/C17H16F2O3/c1-2-22-17(21)10-14(11-3-6-13(20)7-4-11)15-9-12(18)5-8-16(15)19/h3-9,14,20H,2,10H2,1H3. The summed E-state index contributed by atoms with van der Waals surface area (Å²) in [5.41, 5.74) is 0.675. The first kappa shape index (κ1) is 15.9. The van der Waals surface area contributed by atoms with E-state index in [1.807, 2.05) is 0 Å². The van der Waals surface area contributed by atoms with Crippen LogP contribution in [0.1, 0.15) is 30.4 Å². The molecule has 0 saturated heterocycles. The third kappa shape index (κ3) is 3.81. The molecule has 0 aliphatic carbocycles. The van der Waals surface area contributed by atoms with Crippen molar-refractivity contribution in [2.45, 2.75) is 19.3 Å². The molecule has 0 radical (unpaired) electrons. The lowest BCUT2D eigenvalue weighted by molar-refractivity contribution is -0.143. The number of carbonyl (C=O) groups excluding carboxylic acids is 1. The summed E-state index contributed by atoms with van der Waals surface area (Å²) in [5, 5.41) is 9.35. The number of benzene rings is 2. The van der Waals surface area contributed by atoms with E-state index in [1.54, 1.807) is 19.1 Å². The minimum absolute atomic E-state index is 0.0540. The number of halogens is 2. The number of ether oxygens (including phenoxy) is 1. The van der Waals surface area contributed by atoms with Crippen LogP contribution in [0.5, 0.6) is 5.75 Å². The summed E-state index contributed by atoms with van der Waals surface area (Å²) >= 11 is 0. The predicted molar refractivity (Wildman–Crippen MR) is 77.6 cm³/mol. The van der Waals surface area contributed by atoms with Crippen molar-refractivity contribution in [2.24, 2.45) is 0 Å². The number of aromatic hydroxyl groups is 1. The minimum atomic E-state index is -0.685. The molecule has 2 rings (SSSR count). The van der Waals surface area contributed by atoms with E-state index in [0.717, 1.165) is 18.2 Å². The van der Waals surface area contributed by atoms with Crippen LogP contribution in [0.2, 0.25) is 0 Å². The first-order valence-corrected chi connectivity index (χ1v) is 6.90. The van der Waals surface area contributed by atoms with Gasteiger partial charge in [0.2, 0.25) is 0 Å². The highest BCUT2D eigenvalue weighted by molar-refractivity contribution is 5.71. The lowest BCUT2D eigenvalue weighted by atomic mass is 9.88.